The number of benzene rings is 2. The highest BCUT2D eigenvalue weighted by Gasteiger charge is 2.24. The van der Waals surface area contributed by atoms with E-state index in [9.17, 15) is 14.4 Å². The number of carbonyl (C=O) groups excluding carboxylic acids is 3. The number of methoxy groups -OCH3 is 1. The zero-order valence-corrected chi connectivity index (χ0v) is 15.4. The smallest absolute Gasteiger partial charge is 0.329 e. The molecule has 0 unspecified atom stereocenters. The monoisotopic (exact) mass is 370 g/mol. The molecule has 2 aromatic carbocycles. The zero-order valence-electron chi connectivity index (χ0n) is 15.4. The number of hydrogen-bond donors (Lipinski definition) is 2. The number of nitrogens with one attached hydrogen (secondary N) is 2. The third-order valence-electron chi connectivity index (χ3n) is 3.76. The Balaban J connectivity index is 1.90. The second kappa shape index (κ2) is 9.38. The molecular weight excluding hydrogens is 348 g/mol. The maximum absolute atomic E-state index is 12.3. The summed E-state index contributed by atoms with van der Waals surface area (Å²) in [7, 11) is 1.49. The lowest BCUT2D eigenvalue weighted by molar-refractivity contribution is -0.154. The number of para-hydroxylation sites is 2. The first-order valence-corrected chi connectivity index (χ1v) is 8.42. The third-order valence-corrected chi connectivity index (χ3v) is 3.76. The predicted octanol–water partition coefficient (Wildman–Crippen LogP) is 2.38. The van der Waals surface area contributed by atoms with Gasteiger partial charge in [0.25, 0.3) is 11.8 Å². The topological polar surface area (TPSA) is 93.7 Å². The molecule has 0 bridgehead atoms. The molecule has 0 saturated carbocycles. The van der Waals surface area contributed by atoms with E-state index in [1.165, 1.54) is 21.0 Å². The van der Waals surface area contributed by atoms with Crippen LogP contribution in [0.4, 0.5) is 5.69 Å². The van der Waals surface area contributed by atoms with E-state index in [2.05, 4.69) is 10.6 Å². The van der Waals surface area contributed by atoms with Crippen LogP contribution in [0.1, 0.15) is 24.2 Å². The van der Waals surface area contributed by atoms with E-state index in [0.717, 1.165) is 0 Å². The van der Waals surface area contributed by atoms with Gasteiger partial charge in [-0.2, -0.15) is 0 Å². The first-order chi connectivity index (χ1) is 12.9. The van der Waals surface area contributed by atoms with Gasteiger partial charge in [-0.05, 0) is 38.1 Å². The summed E-state index contributed by atoms with van der Waals surface area (Å²) in [5.74, 6) is -1.12. The summed E-state index contributed by atoms with van der Waals surface area (Å²) in [5, 5.41) is 5.19. The quantitative estimate of drug-likeness (QED) is 0.730. The summed E-state index contributed by atoms with van der Waals surface area (Å²) < 4.78 is 10.3. The largest absolute Gasteiger partial charge is 0.495 e. The molecule has 0 aliphatic rings. The maximum atomic E-state index is 12.3. The lowest BCUT2D eigenvalue weighted by Crippen LogP contribution is -2.42. The van der Waals surface area contributed by atoms with Gasteiger partial charge < -0.3 is 20.1 Å². The standard InChI is InChI=1S/C20H22N2O5/c1-13(21-19(24)15-9-5-4-6-10-15)20(25)27-14(2)18(23)22-16-11-7-8-12-17(16)26-3/h4-14H,1-3H3,(H,21,24)(H,22,23)/t13-,14+/m0/s1. The maximum Gasteiger partial charge on any atom is 0.329 e. The number of ether oxygens (including phenoxy) is 2. The molecule has 27 heavy (non-hydrogen) atoms. The Hall–Kier alpha value is -3.35. The van der Waals surface area contributed by atoms with Gasteiger partial charge in [-0.1, -0.05) is 30.3 Å². The first kappa shape index (κ1) is 20.0. The minimum Gasteiger partial charge on any atom is -0.495 e. The molecule has 2 aromatic rings. The highest BCUT2D eigenvalue weighted by Crippen LogP contribution is 2.23. The van der Waals surface area contributed by atoms with Crippen molar-refractivity contribution in [3.8, 4) is 5.75 Å². The number of amides is 2. The Morgan fingerprint density at radius 2 is 1.56 bits per heavy atom. The number of rotatable bonds is 7. The van der Waals surface area contributed by atoms with Gasteiger partial charge in [0.1, 0.15) is 11.8 Å². The molecule has 0 radical (unpaired) electrons. The molecule has 0 aliphatic heterocycles. The molecule has 142 valence electrons. The van der Waals surface area contributed by atoms with E-state index in [1.807, 2.05) is 0 Å². The second-order valence-corrected chi connectivity index (χ2v) is 5.83. The SMILES string of the molecule is COc1ccccc1NC(=O)[C@@H](C)OC(=O)[C@H](C)NC(=O)c1ccccc1. The van der Waals surface area contributed by atoms with Crippen molar-refractivity contribution in [3.05, 3.63) is 60.2 Å². The fourth-order valence-electron chi connectivity index (χ4n) is 2.24. The second-order valence-electron chi connectivity index (χ2n) is 5.83. The predicted molar refractivity (Wildman–Crippen MR) is 101 cm³/mol. The van der Waals surface area contributed by atoms with Crippen LogP contribution in [-0.2, 0) is 14.3 Å². The number of anilines is 1. The van der Waals surface area contributed by atoms with E-state index in [0.29, 0.717) is 17.0 Å². The van der Waals surface area contributed by atoms with Crippen LogP contribution in [0.2, 0.25) is 0 Å². The summed E-state index contributed by atoms with van der Waals surface area (Å²) in [6.45, 7) is 2.95. The summed E-state index contributed by atoms with van der Waals surface area (Å²) >= 11 is 0. The van der Waals surface area contributed by atoms with Crippen LogP contribution in [-0.4, -0.2) is 37.0 Å². The van der Waals surface area contributed by atoms with Crippen LogP contribution < -0.4 is 15.4 Å². The van der Waals surface area contributed by atoms with Gasteiger partial charge in [0.05, 0.1) is 12.8 Å². The van der Waals surface area contributed by atoms with Gasteiger partial charge in [0.2, 0.25) is 0 Å². The zero-order chi connectivity index (χ0) is 19.8. The molecule has 2 atom stereocenters. The Kier molecular flexibility index (Phi) is 6.93. The molecule has 0 aromatic heterocycles. The van der Waals surface area contributed by atoms with Crippen molar-refractivity contribution < 1.29 is 23.9 Å². The van der Waals surface area contributed by atoms with Gasteiger partial charge in [0, 0.05) is 5.56 Å². The Morgan fingerprint density at radius 3 is 2.22 bits per heavy atom. The van der Waals surface area contributed by atoms with Gasteiger partial charge in [0.15, 0.2) is 6.10 Å². The molecule has 0 saturated heterocycles. The lowest BCUT2D eigenvalue weighted by Gasteiger charge is -2.18. The highest BCUT2D eigenvalue weighted by atomic mass is 16.5. The molecular formula is C20H22N2O5. The molecule has 0 fully saturated rings. The lowest BCUT2D eigenvalue weighted by atomic mass is 10.2. The van der Waals surface area contributed by atoms with Crippen molar-refractivity contribution in [2.45, 2.75) is 26.0 Å². The molecule has 7 nitrogen and oxygen atoms in total. The molecule has 7 heteroatoms. The van der Waals surface area contributed by atoms with Gasteiger partial charge in [-0.15, -0.1) is 0 Å². The number of carbonyl (C=O) groups is 3. The van der Waals surface area contributed by atoms with Crippen molar-refractivity contribution in [3.63, 3.8) is 0 Å². The molecule has 0 spiro atoms. The summed E-state index contributed by atoms with van der Waals surface area (Å²) in [6.07, 6.45) is -1.04. The molecule has 0 aliphatic carbocycles. The summed E-state index contributed by atoms with van der Waals surface area (Å²) in [4.78, 5) is 36.5. The Bertz CT molecular complexity index is 807. The Morgan fingerprint density at radius 1 is 0.926 bits per heavy atom. The van der Waals surface area contributed by atoms with E-state index in [-0.39, 0.29) is 0 Å². The molecule has 2 amide bonds. The van der Waals surface area contributed by atoms with E-state index < -0.39 is 29.9 Å². The fourth-order valence-corrected chi connectivity index (χ4v) is 2.24. The van der Waals surface area contributed by atoms with Gasteiger partial charge >= 0.3 is 5.97 Å². The average molecular weight is 370 g/mol. The van der Waals surface area contributed by atoms with Crippen LogP contribution in [0.25, 0.3) is 0 Å². The minimum absolute atomic E-state index is 0.397. The van der Waals surface area contributed by atoms with Crippen molar-refractivity contribution in [2.24, 2.45) is 0 Å². The van der Waals surface area contributed by atoms with Crippen molar-refractivity contribution in [1.29, 1.82) is 0 Å². The van der Waals surface area contributed by atoms with Crippen LogP contribution in [0.15, 0.2) is 54.6 Å². The average Bonchev–Trinajstić information content (AvgIpc) is 2.68. The van der Waals surface area contributed by atoms with Crippen LogP contribution >= 0.6 is 0 Å². The van der Waals surface area contributed by atoms with Crippen LogP contribution in [0.5, 0.6) is 5.75 Å². The highest BCUT2D eigenvalue weighted by molar-refractivity contribution is 5.98. The van der Waals surface area contributed by atoms with Crippen LogP contribution in [0.3, 0.4) is 0 Å². The van der Waals surface area contributed by atoms with Gasteiger partial charge in [-0.25, -0.2) is 4.79 Å². The van der Waals surface area contributed by atoms with Crippen molar-refractivity contribution >= 4 is 23.5 Å². The Labute approximate surface area is 157 Å². The van der Waals surface area contributed by atoms with E-state index in [1.54, 1.807) is 54.6 Å². The summed E-state index contributed by atoms with van der Waals surface area (Å²) in [6, 6.07) is 14.5. The molecule has 0 heterocycles. The van der Waals surface area contributed by atoms with Crippen molar-refractivity contribution in [1.82, 2.24) is 5.32 Å². The molecule has 2 N–H and O–H groups in total. The van der Waals surface area contributed by atoms with Crippen molar-refractivity contribution in [2.75, 3.05) is 12.4 Å². The molecule has 2 rings (SSSR count). The van der Waals surface area contributed by atoms with Gasteiger partial charge in [-0.3, -0.25) is 9.59 Å². The third kappa shape index (κ3) is 5.57. The van der Waals surface area contributed by atoms with E-state index >= 15 is 0 Å². The van der Waals surface area contributed by atoms with Crippen LogP contribution in [0, 0.1) is 0 Å². The number of hydrogen-bond acceptors (Lipinski definition) is 5. The summed E-state index contributed by atoms with van der Waals surface area (Å²) in [5.41, 5.74) is 0.900. The van der Waals surface area contributed by atoms with E-state index in [4.69, 9.17) is 9.47 Å². The fraction of sp³-hybridized carbons (Fsp3) is 0.250. The minimum atomic E-state index is -1.04. The first-order valence-electron chi connectivity index (χ1n) is 8.42. The number of esters is 1. The normalized spacial score (nSPS) is 12.4.